The van der Waals surface area contributed by atoms with Crippen molar-refractivity contribution in [1.82, 2.24) is 19.9 Å². The van der Waals surface area contributed by atoms with Gasteiger partial charge in [0, 0.05) is 11.1 Å². The molecular weight excluding hydrogens is 502 g/mol. The van der Waals surface area contributed by atoms with Gasteiger partial charge in [-0.25, -0.2) is 22.7 Å². The molecule has 2 aromatic heterocycles. The summed E-state index contributed by atoms with van der Waals surface area (Å²) in [6.07, 6.45) is 3.38. The summed E-state index contributed by atoms with van der Waals surface area (Å²) in [7, 11) is -3.49. The molecule has 0 spiro atoms. The lowest BCUT2D eigenvalue weighted by Gasteiger charge is -2.43. The van der Waals surface area contributed by atoms with Crippen LogP contribution in [0.15, 0.2) is 66.7 Å². The molecule has 10 heteroatoms. The Labute approximate surface area is 222 Å². The van der Waals surface area contributed by atoms with Gasteiger partial charge in [0.05, 0.1) is 17.5 Å². The van der Waals surface area contributed by atoms with Crippen LogP contribution in [0, 0.1) is 0 Å². The number of nitrogens with one attached hydrogen (secondary N) is 2. The molecule has 0 bridgehead atoms. The van der Waals surface area contributed by atoms with E-state index < -0.39 is 27.3 Å². The number of carbonyl (C=O) groups excluding carboxylic acids is 1. The van der Waals surface area contributed by atoms with Crippen LogP contribution in [-0.2, 0) is 20.3 Å². The Kier molecular flexibility index (Phi) is 6.38. The fraction of sp³-hybridized carbons (Fsp3) is 0.321. The summed E-state index contributed by atoms with van der Waals surface area (Å²) in [6, 6.07) is 21.1. The molecule has 9 nitrogen and oxygen atoms in total. The van der Waals surface area contributed by atoms with E-state index in [1.165, 1.54) is 0 Å². The molecule has 2 N–H and O–H groups in total. The summed E-state index contributed by atoms with van der Waals surface area (Å²) < 4.78 is 33.2. The van der Waals surface area contributed by atoms with Gasteiger partial charge in [-0.15, -0.1) is 5.10 Å². The molecule has 1 amide bonds. The number of aromatic nitrogens is 3. The average molecular weight is 534 g/mol. The molecule has 0 unspecified atom stereocenters. The van der Waals surface area contributed by atoms with Gasteiger partial charge in [-0.1, -0.05) is 54.6 Å². The van der Waals surface area contributed by atoms with Gasteiger partial charge in [0.25, 0.3) is 0 Å². The van der Waals surface area contributed by atoms with E-state index in [4.69, 9.17) is 9.72 Å². The highest BCUT2D eigenvalue weighted by Crippen LogP contribution is 2.42. The van der Waals surface area contributed by atoms with Crippen molar-refractivity contribution >= 4 is 27.6 Å². The Balaban J connectivity index is 1.54. The number of anilines is 1. The topological polar surface area (TPSA) is 115 Å². The first-order chi connectivity index (χ1) is 17.9. The van der Waals surface area contributed by atoms with E-state index in [0.717, 1.165) is 53.6 Å². The van der Waals surface area contributed by atoms with Gasteiger partial charge in [-0.05, 0) is 57.7 Å². The Bertz CT molecular complexity index is 1590. The molecule has 0 atom stereocenters. The van der Waals surface area contributed by atoms with E-state index in [1.807, 2.05) is 75.4 Å². The second-order valence-electron chi connectivity index (χ2n) is 10.7. The third-order valence-corrected chi connectivity index (χ3v) is 7.05. The van der Waals surface area contributed by atoms with Gasteiger partial charge in [0.2, 0.25) is 10.0 Å². The number of imidazole rings is 1. The minimum Gasteiger partial charge on any atom is -0.444 e. The number of amides is 1. The van der Waals surface area contributed by atoms with Crippen molar-refractivity contribution in [2.75, 3.05) is 11.0 Å². The van der Waals surface area contributed by atoms with Gasteiger partial charge in [0.1, 0.15) is 11.3 Å². The zero-order valence-electron chi connectivity index (χ0n) is 21.9. The Morgan fingerprint density at radius 1 is 0.974 bits per heavy atom. The van der Waals surface area contributed by atoms with E-state index in [1.54, 1.807) is 16.6 Å². The van der Waals surface area contributed by atoms with Crippen LogP contribution in [0.2, 0.25) is 0 Å². The maximum atomic E-state index is 12.5. The number of fused-ring (bicyclic) bond motifs is 1. The zero-order valence-corrected chi connectivity index (χ0v) is 22.7. The van der Waals surface area contributed by atoms with E-state index in [9.17, 15) is 13.2 Å². The first-order valence-corrected chi connectivity index (χ1v) is 14.4. The quantitative estimate of drug-likeness (QED) is 0.346. The van der Waals surface area contributed by atoms with Gasteiger partial charge in [-0.2, -0.15) is 0 Å². The Morgan fingerprint density at radius 2 is 1.66 bits per heavy atom. The fourth-order valence-corrected chi connectivity index (χ4v) is 5.19. The smallest absolute Gasteiger partial charge is 0.408 e. The zero-order chi connectivity index (χ0) is 27.1. The van der Waals surface area contributed by atoms with Crippen LogP contribution >= 0.6 is 0 Å². The number of sulfonamides is 1. The van der Waals surface area contributed by atoms with E-state index >= 15 is 0 Å². The molecule has 1 fully saturated rings. The summed E-state index contributed by atoms with van der Waals surface area (Å²) in [4.78, 5) is 17.4. The Hall–Kier alpha value is -3.92. The molecule has 0 saturated heterocycles. The van der Waals surface area contributed by atoms with Gasteiger partial charge < -0.3 is 10.1 Å². The molecule has 2 aromatic carbocycles. The number of rotatable bonds is 6. The van der Waals surface area contributed by atoms with Crippen molar-refractivity contribution in [3.8, 4) is 22.5 Å². The molecule has 0 radical (unpaired) electrons. The third kappa shape index (κ3) is 5.35. The fourth-order valence-electron chi connectivity index (χ4n) is 4.70. The predicted molar refractivity (Wildman–Crippen MR) is 147 cm³/mol. The largest absolute Gasteiger partial charge is 0.444 e. The highest BCUT2D eigenvalue weighted by atomic mass is 32.2. The summed E-state index contributed by atoms with van der Waals surface area (Å²) in [5.41, 5.74) is 3.82. The second kappa shape index (κ2) is 9.43. The number of nitrogens with zero attached hydrogens (tertiary/aromatic N) is 3. The average Bonchev–Trinajstić information content (AvgIpc) is 3.19. The highest BCUT2D eigenvalue weighted by Gasteiger charge is 2.41. The molecule has 1 saturated carbocycles. The summed E-state index contributed by atoms with van der Waals surface area (Å²) in [6.45, 7) is 5.55. The SMILES string of the molecule is CC(C)(C)OC(=O)NC1(c2ccc(-c3nc4ccc(NS(C)(=O)=O)nn4c3-c3ccccc3)cc2)CCC1. The van der Waals surface area contributed by atoms with Crippen LogP contribution in [0.5, 0.6) is 0 Å². The molecule has 38 heavy (non-hydrogen) atoms. The van der Waals surface area contributed by atoms with Crippen molar-refractivity contribution in [3.05, 3.63) is 72.3 Å². The van der Waals surface area contributed by atoms with Crippen LogP contribution in [0.1, 0.15) is 45.6 Å². The van der Waals surface area contributed by atoms with Crippen molar-refractivity contribution in [1.29, 1.82) is 0 Å². The molecule has 1 aliphatic carbocycles. The van der Waals surface area contributed by atoms with Crippen molar-refractivity contribution in [3.63, 3.8) is 0 Å². The minimum absolute atomic E-state index is 0.205. The number of carbonyl (C=O) groups is 1. The van der Waals surface area contributed by atoms with Crippen molar-refractivity contribution < 1.29 is 17.9 Å². The maximum absolute atomic E-state index is 12.5. The summed E-state index contributed by atoms with van der Waals surface area (Å²) in [5, 5.41) is 7.63. The molecule has 5 rings (SSSR count). The third-order valence-electron chi connectivity index (χ3n) is 6.47. The first-order valence-electron chi connectivity index (χ1n) is 12.5. The molecule has 4 aromatic rings. The number of hydrogen-bond acceptors (Lipinski definition) is 6. The monoisotopic (exact) mass is 533 g/mol. The van der Waals surface area contributed by atoms with Crippen LogP contribution in [-0.4, -0.2) is 41.0 Å². The van der Waals surface area contributed by atoms with Crippen LogP contribution in [0.25, 0.3) is 28.2 Å². The molecule has 2 heterocycles. The van der Waals surface area contributed by atoms with Crippen LogP contribution in [0.4, 0.5) is 10.6 Å². The van der Waals surface area contributed by atoms with E-state index in [0.29, 0.717) is 5.65 Å². The van der Waals surface area contributed by atoms with Crippen LogP contribution in [0.3, 0.4) is 0 Å². The van der Waals surface area contributed by atoms with Gasteiger partial charge in [0.15, 0.2) is 11.5 Å². The predicted octanol–water partition coefficient (Wildman–Crippen LogP) is 5.34. The lowest BCUT2D eigenvalue weighted by atomic mass is 9.71. The molecule has 198 valence electrons. The number of hydrogen-bond donors (Lipinski definition) is 2. The lowest BCUT2D eigenvalue weighted by Crippen LogP contribution is -2.52. The van der Waals surface area contributed by atoms with E-state index in [-0.39, 0.29) is 5.82 Å². The molecule has 0 aliphatic heterocycles. The maximum Gasteiger partial charge on any atom is 0.408 e. The lowest BCUT2D eigenvalue weighted by molar-refractivity contribution is 0.0377. The minimum atomic E-state index is -3.49. The highest BCUT2D eigenvalue weighted by molar-refractivity contribution is 7.92. The van der Waals surface area contributed by atoms with Crippen LogP contribution < -0.4 is 10.0 Å². The van der Waals surface area contributed by atoms with Crippen molar-refractivity contribution in [2.45, 2.75) is 51.2 Å². The first kappa shape index (κ1) is 25.7. The normalized spacial score (nSPS) is 15.1. The standard InChI is InChI=1S/C28H31N5O4S/c1-27(2,3)37-26(34)30-28(17-8-18-28)21-13-11-19(12-14-21)24-25(20-9-6-5-7-10-20)33-23(29-24)16-15-22(31-33)32-38(4,35)36/h5-7,9-16H,8,17-18H2,1-4H3,(H,30,34)(H,31,32). The second-order valence-corrected chi connectivity index (χ2v) is 12.4. The van der Waals surface area contributed by atoms with Crippen molar-refractivity contribution in [2.24, 2.45) is 0 Å². The molecular formula is C28H31N5O4S. The van der Waals surface area contributed by atoms with E-state index in [2.05, 4.69) is 15.1 Å². The summed E-state index contributed by atoms with van der Waals surface area (Å²) >= 11 is 0. The van der Waals surface area contributed by atoms with Gasteiger partial charge >= 0.3 is 6.09 Å². The Morgan fingerprint density at radius 3 is 2.24 bits per heavy atom. The number of benzene rings is 2. The molecule has 1 aliphatic rings. The number of alkyl carbamates (subject to hydrolysis) is 1. The number of ether oxygens (including phenoxy) is 1. The van der Waals surface area contributed by atoms with Gasteiger partial charge in [-0.3, -0.25) is 4.72 Å². The summed E-state index contributed by atoms with van der Waals surface area (Å²) in [5.74, 6) is 0.205.